The lowest BCUT2D eigenvalue weighted by molar-refractivity contribution is -0.120. The van der Waals surface area contributed by atoms with Gasteiger partial charge in [0.15, 0.2) is 9.84 Å². The number of amides is 1. The van der Waals surface area contributed by atoms with Crippen LogP contribution < -0.4 is 5.32 Å². The number of rotatable bonds is 5. The Morgan fingerprint density at radius 2 is 2.00 bits per heavy atom. The molecule has 2 aromatic rings. The van der Waals surface area contributed by atoms with Crippen molar-refractivity contribution in [3.8, 4) is 0 Å². The topological polar surface area (TPSA) is 72.5 Å². The molecular weight excluding hydrogens is 326 g/mol. The predicted molar refractivity (Wildman–Crippen MR) is 92.6 cm³/mol. The molecule has 1 aliphatic rings. The third-order valence-corrected chi connectivity index (χ3v) is 6.47. The maximum absolute atomic E-state index is 12.7. The molecule has 0 aliphatic carbocycles. The van der Waals surface area contributed by atoms with E-state index in [0.29, 0.717) is 13.2 Å². The van der Waals surface area contributed by atoms with Gasteiger partial charge >= 0.3 is 0 Å². The Labute approximate surface area is 141 Å². The highest BCUT2D eigenvalue weighted by atomic mass is 32.2. The highest BCUT2D eigenvalue weighted by Crippen LogP contribution is 2.22. The number of ether oxygens (including phenoxy) is 1. The molecule has 0 radical (unpaired) electrons. The number of fused-ring (bicyclic) bond motifs is 1. The Morgan fingerprint density at radius 3 is 2.71 bits per heavy atom. The van der Waals surface area contributed by atoms with E-state index >= 15 is 0 Å². The standard InChI is InChI=1S/C18H21NO4S/c1-13(18(20)19-12-16-7-4-10-23-16)24(21,22)17-9-8-14-5-2-3-6-15(14)11-17/h2-3,5-6,8-9,11,13,16H,4,7,10,12H2,1H3,(H,19,20). The Balaban J connectivity index is 1.75. The van der Waals surface area contributed by atoms with Crippen LogP contribution in [-0.4, -0.2) is 38.8 Å². The van der Waals surface area contributed by atoms with Crippen molar-refractivity contribution in [3.05, 3.63) is 42.5 Å². The summed E-state index contributed by atoms with van der Waals surface area (Å²) in [6.07, 6.45) is 1.86. The van der Waals surface area contributed by atoms with Gasteiger partial charge in [-0.05, 0) is 42.7 Å². The lowest BCUT2D eigenvalue weighted by Gasteiger charge is -2.16. The molecule has 1 saturated heterocycles. The zero-order chi connectivity index (χ0) is 17.2. The van der Waals surface area contributed by atoms with Crippen LogP contribution in [0.1, 0.15) is 19.8 Å². The van der Waals surface area contributed by atoms with Crippen molar-refractivity contribution < 1.29 is 17.9 Å². The molecule has 2 aromatic carbocycles. The van der Waals surface area contributed by atoms with Crippen LogP contribution in [0.3, 0.4) is 0 Å². The molecule has 0 spiro atoms. The first-order valence-corrected chi connectivity index (χ1v) is 9.65. The molecule has 1 N–H and O–H groups in total. The maximum Gasteiger partial charge on any atom is 0.238 e. The summed E-state index contributed by atoms with van der Waals surface area (Å²) >= 11 is 0. The first-order valence-electron chi connectivity index (χ1n) is 8.10. The summed E-state index contributed by atoms with van der Waals surface area (Å²) in [4.78, 5) is 12.4. The highest BCUT2D eigenvalue weighted by Gasteiger charge is 2.30. The van der Waals surface area contributed by atoms with E-state index in [9.17, 15) is 13.2 Å². The van der Waals surface area contributed by atoms with Gasteiger partial charge in [-0.25, -0.2) is 8.42 Å². The summed E-state index contributed by atoms with van der Waals surface area (Å²) in [5.41, 5.74) is 0. The van der Waals surface area contributed by atoms with Crippen LogP contribution in [0, 0.1) is 0 Å². The molecule has 6 heteroatoms. The molecule has 0 saturated carbocycles. The third-order valence-electron chi connectivity index (χ3n) is 4.41. The molecule has 128 valence electrons. The van der Waals surface area contributed by atoms with E-state index in [1.165, 1.54) is 6.92 Å². The second-order valence-electron chi connectivity index (χ2n) is 6.08. The Bertz CT molecular complexity index is 841. The number of sulfone groups is 1. The molecule has 1 amide bonds. The van der Waals surface area contributed by atoms with Crippen molar-refractivity contribution in [1.29, 1.82) is 0 Å². The number of nitrogens with one attached hydrogen (secondary N) is 1. The van der Waals surface area contributed by atoms with Gasteiger partial charge in [0.25, 0.3) is 0 Å². The first-order chi connectivity index (χ1) is 11.5. The van der Waals surface area contributed by atoms with Gasteiger partial charge in [0.1, 0.15) is 5.25 Å². The van der Waals surface area contributed by atoms with Crippen molar-refractivity contribution >= 4 is 26.5 Å². The Kier molecular flexibility index (Phi) is 4.87. The fraction of sp³-hybridized carbons (Fsp3) is 0.389. The van der Waals surface area contributed by atoms with Crippen LogP contribution in [0.4, 0.5) is 0 Å². The minimum absolute atomic E-state index is 0.00970. The molecule has 2 atom stereocenters. The van der Waals surface area contributed by atoms with Crippen molar-refractivity contribution in [1.82, 2.24) is 5.32 Å². The molecule has 2 unspecified atom stereocenters. The van der Waals surface area contributed by atoms with E-state index in [1.807, 2.05) is 24.3 Å². The van der Waals surface area contributed by atoms with Gasteiger partial charge < -0.3 is 10.1 Å². The van der Waals surface area contributed by atoms with Gasteiger partial charge in [0, 0.05) is 13.2 Å². The van der Waals surface area contributed by atoms with Gasteiger partial charge in [0.05, 0.1) is 11.0 Å². The molecule has 24 heavy (non-hydrogen) atoms. The molecule has 5 nitrogen and oxygen atoms in total. The van der Waals surface area contributed by atoms with Crippen LogP contribution >= 0.6 is 0 Å². The van der Waals surface area contributed by atoms with Crippen molar-refractivity contribution in [2.24, 2.45) is 0 Å². The maximum atomic E-state index is 12.7. The van der Waals surface area contributed by atoms with Crippen LogP contribution in [0.5, 0.6) is 0 Å². The molecular formula is C18H21NO4S. The average molecular weight is 347 g/mol. The fourth-order valence-corrected chi connectivity index (χ4v) is 4.18. The summed E-state index contributed by atoms with van der Waals surface area (Å²) in [5.74, 6) is -0.487. The largest absolute Gasteiger partial charge is 0.376 e. The first kappa shape index (κ1) is 16.9. The monoisotopic (exact) mass is 347 g/mol. The highest BCUT2D eigenvalue weighted by molar-refractivity contribution is 7.92. The van der Waals surface area contributed by atoms with Gasteiger partial charge in [-0.15, -0.1) is 0 Å². The minimum atomic E-state index is -3.73. The molecule has 1 heterocycles. The van der Waals surface area contributed by atoms with E-state index in [2.05, 4.69) is 5.32 Å². The number of benzene rings is 2. The lowest BCUT2D eigenvalue weighted by atomic mass is 10.1. The van der Waals surface area contributed by atoms with E-state index in [-0.39, 0.29) is 11.0 Å². The zero-order valence-corrected chi connectivity index (χ0v) is 14.4. The summed E-state index contributed by atoms with van der Waals surface area (Å²) in [7, 11) is -3.73. The molecule has 1 aliphatic heterocycles. The number of hydrogen-bond acceptors (Lipinski definition) is 4. The summed E-state index contributed by atoms with van der Waals surface area (Å²) in [6, 6.07) is 12.5. The SMILES string of the molecule is CC(C(=O)NCC1CCCO1)S(=O)(=O)c1ccc2ccccc2c1. The average Bonchev–Trinajstić information content (AvgIpc) is 3.12. The van der Waals surface area contributed by atoms with Crippen LogP contribution in [-0.2, 0) is 19.4 Å². The van der Waals surface area contributed by atoms with Crippen LogP contribution in [0.15, 0.2) is 47.4 Å². The van der Waals surface area contributed by atoms with Crippen molar-refractivity contribution in [3.63, 3.8) is 0 Å². The quantitative estimate of drug-likeness (QED) is 0.901. The van der Waals surface area contributed by atoms with Gasteiger partial charge in [-0.3, -0.25) is 4.79 Å². The van der Waals surface area contributed by atoms with Crippen molar-refractivity contribution in [2.75, 3.05) is 13.2 Å². The minimum Gasteiger partial charge on any atom is -0.376 e. The smallest absolute Gasteiger partial charge is 0.238 e. The van der Waals surface area contributed by atoms with E-state index in [0.717, 1.165) is 23.6 Å². The van der Waals surface area contributed by atoms with E-state index in [4.69, 9.17) is 4.74 Å². The summed E-state index contributed by atoms with van der Waals surface area (Å²) in [6.45, 7) is 2.48. The number of hydrogen-bond donors (Lipinski definition) is 1. The summed E-state index contributed by atoms with van der Waals surface area (Å²) in [5, 5.41) is 3.36. The molecule has 1 fully saturated rings. The summed E-state index contributed by atoms with van der Waals surface area (Å²) < 4.78 is 30.9. The Morgan fingerprint density at radius 1 is 1.25 bits per heavy atom. The number of carbonyl (C=O) groups excluding carboxylic acids is 1. The predicted octanol–water partition coefficient (Wildman–Crippen LogP) is 2.30. The van der Waals surface area contributed by atoms with Crippen LogP contribution in [0.2, 0.25) is 0 Å². The lowest BCUT2D eigenvalue weighted by Crippen LogP contribution is -2.41. The Hall–Kier alpha value is -1.92. The second-order valence-corrected chi connectivity index (χ2v) is 8.34. The van der Waals surface area contributed by atoms with E-state index < -0.39 is 21.0 Å². The van der Waals surface area contributed by atoms with Crippen molar-refractivity contribution in [2.45, 2.75) is 36.0 Å². The van der Waals surface area contributed by atoms with Gasteiger partial charge in [-0.2, -0.15) is 0 Å². The number of carbonyl (C=O) groups is 1. The zero-order valence-electron chi connectivity index (χ0n) is 13.6. The normalized spacial score (nSPS) is 19.3. The van der Waals surface area contributed by atoms with Crippen LogP contribution in [0.25, 0.3) is 10.8 Å². The fourth-order valence-electron chi connectivity index (χ4n) is 2.85. The van der Waals surface area contributed by atoms with Gasteiger partial charge in [-0.1, -0.05) is 30.3 Å². The molecule has 0 bridgehead atoms. The second kappa shape index (κ2) is 6.91. The van der Waals surface area contributed by atoms with Gasteiger partial charge in [0.2, 0.25) is 5.91 Å². The third kappa shape index (κ3) is 3.44. The molecule has 0 aromatic heterocycles. The van der Waals surface area contributed by atoms with E-state index in [1.54, 1.807) is 18.2 Å². The molecule has 3 rings (SSSR count).